The molecule has 2 amide bonds. The first kappa shape index (κ1) is 21.2. The van der Waals surface area contributed by atoms with Crippen molar-refractivity contribution in [3.05, 3.63) is 52.8 Å². The Hall–Kier alpha value is -2.02. The predicted molar refractivity (Wildman–Crippen MR) is 125 cm³/mol. The Morgan fingerprint density at radius 1 is 1.17 bits per heavy atom. The molecule has 2 radical (unpaired) electrons. The number of nitrogens with zero attached hydrogens (tertiary/aromatic N) is 2. The number of nitrogens with one attached hydrogen (secondary N) is 1. The number of hydrogen-bond donors (Lipinski definition) is 1. The maximum Gasteiger partial charge on any atom is 0.327 e. The van der Waals surface area contributed by atoms with Gasteiger partial charge in [-0.3, -0.25) is 4.90 Å². The molecular weight excluding hydrogens is 444 g/mol. The molecule has 4 nitrogen and oxygen atoms in total. The van der Waals surface area contributed by atoms with Gasteiger partial charge in [0.05, 0.1) is 22.6 Å². The largest absolute Gasteiger partial charge is 0.352 e. The second kappa shape index (κ2) is 8.25. The van der Waals surface area contributed by atoms with Crippen LogP contribution in [0.2, 0.25) is 0 Å². The van der Waals surface area contributed by atoms with Crippen molar-refractivity contribution in [2.75, 3.05) is 15.1 Å². The fraction of sp³-hybridized carbons (Fsp3) is 0.435. The molecule has 1 unspecified atom stereocenters. The van der Waals surface area contributed by atoms with Gasteiger partial charge in [0.1, 0.15) is 13.7 Å². The number of amides is 2. The molecule has 156 valence electrons. The van der Waals surface area contributed by atoms with E-state index in [0.29, 0.717) is 0 Å². The van der Waals surface area contributed by atoms with Crippen LogP contribution in [0.1, 0.15) is 46.0 Å². The Kier molecular flexibility index (Phi) is 5.84. The highest BCUT2D eigenvalue weighted by atomic mass is 79.9. The lowest BCUT2D eigenvalue weighted by Gasteiger charge is -2.50. The van der Waals surface area contributed by atoms with Crippen molar-refractivity contribution in [2.45, 2.75) is 57.6 Å². The maximum atomic E-state index is 14.2. The lowest BCUT2D eigenvalue weighted by molar-refractivity contribution is 0.247. The van der Waals surface area contributed by atoms with E-state index in [-0.39, 0.29) is 17.6 Å². The molecule has 7 heteroatoms. The lowest BCUT2D eigenvalue weighted by Crippen LogP contribution is -2.66. The van der Waals surface area contributed by atoms with E-state index in [4.69, 9.17) is 7.85 Å². The first-order chi connectivity index (χ1) is 14.3. The number of hydrogen-bond acceptors (Lipinski definition) is 2. The van der Waals surface area contributed by atoms with Gasteiger partial charge in [0, 0.05) is 10.5 Å². The third-order valence-corrected chi connectivity index (χ3v) is 6.78. The van der Waals surface area contributed by atoms with Gasteiger partial charge in [-0.1, -0.05) is 61.2 Å². The van der Waals surface area contributed by atoms with Gasteiger partial charge in [0.25, 0.3) is 0 Å². The molecule has 4 rings (SSSR count). The number of carbonyl (C=O) groups excluding carboxylic acids is 1. The summed E-state index contributed by atoms with van der Waals surface area (Å²) in [4.78, 5) is 17.4. The van der Waals surface area contributed by atoms with Crippen molar-refractivity contribution in [1.29, 1.82) is 0 Å². The van der Waals surface area contributed by atoms with Gasteiger partial charge in [-0.05, 0) is 49.1 Å². The average Bonchev–Trinajstić information content (AvgIpc) is 2.99. The van der Waals surface area contributed by atoms with Crippen LogP contribution in [-0.2, 0) is 0 Å². The number of anilines is 3. The number of rotatable bonds is 3. The molecule has 0 saturated heterocycles. The summed E-state index contributed by atoms with van der Waals surface area (Å²) in [5.41, 5.74) is 0.770. The molecule has 0 bridgehead atoms. The van der Waals surface area contributed by atoms with Crippen molar-refractivity contribution >= 4 is 46.9 Å². The maximum absolute atomic E-state index is 14.2. The Bertz CT molecular complexity index is 950. The monoisotopic (exact) mass is 469 g/mol. The second-order valence-corrected chi connectivity index (χ2v) is 9.39. The highest BCUT2D eigenvalue weighted by Gasteiger charge is 2.52. The fourth-order valence-corrected chi connectivity index (χ4v) is 5.09. The molecule has 1 aliphatic carbocycles. The van der Waals surface area contributed by atoms with Crippen LogP contribution in [0.3, 0.4) is 0 Å². The quantitative estimate of drug-likeness (QED) is 0.538. The summed E-state index contributed by atoms with van der Waals surface area (Å²) in [6.45, 7) is 4.06. The Balaban J connectivity index is 1.80. The van der Waals surface area contributed by atoms with Gasteiger partial charge in [-0.2, -0.15) is 0 Å². The van der Waals surface area contributed by atoms with E-state index < -0.39 is 17.4 Å². The van der Waals surface area contributed by atoms with Gasteiger partial charge in [-0.25, -0.2) is 9.18 Å². The van der Waals surface area contributed by atoms with E-state index >= 15 is 0 Å². The first-order valence-electron chi connectivity index (χ1n) is 10.6. The number of halogens is 2. The summed E-state index contributed by atoms with van der Waals surface area (Å²) in [6.07, 6.45) is 5.63. The molecule has 1 fully saturated rings. The zero-order chi connectivity index (χ0) is 21.5. The van der Waals surface area contributed by atoms with Crippen molar-refractivity contribution < 1.29 is 9.18 Å². The van der Waals surface area contributed by atoms with Crippen molar-refractivity contribution in [1.82, 2.24) is 0 Å². The average molecular weight is 470 g/mol. The van der Waals surface area contributed by atoms with Crippen LogP contribution < -0.4 is 15.1 Å². The fourth-order valence-electron chi connectivity index (χ4n) is 4.74. The second-order valence-electron chi connectivity index (χ2n) is 8.48. The zero-order valence-corrected chi connectivity index (χ0v) is 19.0. The molecule has 2 aromatic carbocycles. The van der Waals surface area contributed by atoms with Crippen LogP contribution in [-0.4, -0.2) is 25.5 Å². The first-order valence-corrected chi connectivity index (χ1v) is 11.4. The molecule has 2 aromatic rings. The summed E-state index contributed by atoms with van der Waals surface area (Å²) >= 11 is 3.53. The molecule has 1 N–H and O–H groups in total. The van der Waals surface area contributed by atoms with E-state index in [2.05, 4.69) is 26.1 Å². The van der Waals surface area contributed by atoms with E-state index in [1.807, 2.05) is 32.0 Å². The van der Waals surface area contributed by atoms with Crippen molar-refractivity contribution in [2.24, 2.45) is 5.92 Å². The Labute approximate surface area is 187 Å². The summed E-state index contributed by atoms with van der Waals surface area (Å²) in [5, 5.41) is 2.74. The normalized spacial score (nSPS) is 21.8. The van der Waals surface area contributed by atoms with Gasteiger partial charge in [-0.15, -0.1) is 0 Å². The number of benzene rings is 2. The van der Waals surface area contributed by atoms with E-state index in [0.717, 1.165) is 41.5 Å². The molecule has 0 spiro atoms. The summed E-state index contributed by atoms with van der Waals surface area (Å²) in [6, 6.07) is 11.9. The highest BCUT2D eigenvalue weighted by molar-refractivity contribution is 9.10. The number of para-hydroxylation sites is 1. The van der Waals surface area contributed by atoms with Crippen LogP contribution in [0.5, 0.6) is 0 Å². The van der Waals surface area contributed by atoms with Gasteiger partial charge < -0.3 is 10.2 Å². The molecule has 1 heterocycles. The van der Waals surface area contributed by atoms with E-state index in [1.165, 1.54) is 12.5 Å². The predicted octanol–water partition coefficient (Wildman–Crippen LogP) is 6.26. The number of carbonyl (C=O) groups is 1. The molecule has 1 atom stereocenters. The van der Waals surface area contributed by atoms with Crippen molar-refractivity contribution in [3.8, 4) is 0 Å². The SMILES string of the molecule is [B]C1(C(C)C)N(C(=O)Nc2ccccc2F)c2cc(Br)ccc2N1C1CCCCC1. The van der Waals surface area contributed by atoms with E-state index in [9.17, 15) is 9.18 Å². The number of urea groups is 1. The number of fused-ring (bicyclic) bond motifs is 1. The van der Waals surface area contributed by atoms with Gasteiger partial charge >= 0.3 is 6.03 Å². The third-order valence-electron chi connectivity index (χ3n) is 6.29. The minimum absolute atomic E-state index is 0.0584. The molecular formula is C23H26BBrFN3O. The van der Waals surface area contributed by atoms with Crippen LogP contribution in [0.25, 0.3) is 0 Å². The topological polar surface area (TPSA) is 35.6 Å². The minimum Gasteiger partial charge on any atom is -0.352 e. The Morgan fingerprint density at radius 3 is 2.53 bits per heavy atom. The minimum atomic E-state index is -1.06. The standard InChI is InChI=1S/C23H26BBrFN3O/c1-15(2)23(24)28(17-8-4-3-5-9-17)20-13-12-16(25)14-21(20)29(23)22(30)27-19-11-7-6-10-18(19)26/h6-7,10-15,17H,3-5,8-9H2,1-2H3,(H,27,30). The van der Waals surface area contributed by atoms with Crippen LogP contribution in [0, 0.1) is 11.7 Å². The molecule has 1 aliphatic heterocycles. The highest BCUT2D eigenvalue weighted by Crippen LogP contribution is 2.50. The van der Waals surface area contributed by atoms with Gasteiger partial charge in [0.15, 0.2) is 0 Å². The van der Waals surface area contributed by atoms with Crippen molar-refractivity contribution in [3.63, 3.8) is 0 Å². The molecule has 30 heavy (non-hydrogen) atoms. The Morgan fingerprint density at radius 2 is 1.87 bits per heavy atom. The van der Waals surface area contributed by atoms with Crippen LogP contribution >= 0.6 is 15.9 Å². The molecule has 0 aromatic heterocycles. The smallest absolute Gasteiger partial charge is 0.327 e. The molecule has 2 aliphatic rings. The third kappa shape index (κ3) is 3.51. The summed E-state index contributed by atoms with van der Waals surface area (Å²) in [5.74, 6) is -0.534. The zero-order valence-electron chi connectivity index (χ0n) is 17.4. The van der Waals surface area contributed by atoms with Crippen LogP contribution in [0.4, 0.5) is 26.2 Å². The molecule has 1 saturated carbocycles. The summed E-state index contributed by atoms with van der Waals surface area (Å²) < 4.78 is 15.1. The van der Waals surface area contributed by atoms with Crippen LogP contribution in [0.15, 0.2) is 46.9 Å². The van der Waals surface area contributed by atoms with Gasteiger partial charge in [0.2, 0.25) is 0 Å². The summed E-state index contributed by atoms with van der Waals surface area (Å²) in [7, 11) is 7.10. The van der Waals surface area contributed by atoms with E-state index in [1.54, 1.807) is 23.1 Å². The lowest BCUT2D eigenvalue weighted by atomic mass is 9.73.